The van der Waals surface area contributed by atoms with Crippen molar-refractivity contribution in [3.8, 4) is 0 Å². The zero-order valence-corrected chi connectivity index (χ0v) is 14.6. The minimum Gasteiger partial charge on any atom is -0.226 e. The highest BCUT2D eigenvalue weighted by atomic mass is 32.3. The lowest BCUT2D eigenvalue weighted by Gasteiger charge is -2.30. The van der Waals surface area contributed by atoms with Crippen molar-refractivity contribution in [3.05, 3.63) is 0 Å². The van der Waals surface area contributed by atoms with Gasteiger partial charge in [-0.2, -0.15) is 39.5 Å². The molecule has 0 radical (unpaired) electrons. The smallest absolute Gasteiger partial charge is 0.226 e. The maximum absolute atomic E-state index is 12.3. The summed E-state index contributed by atoms with van der Waals surface area (Å²) in [5, 5.41) is 0. The van der Waals surface area contributed by atoms with Crippen molar-refractivity contribution in [2.24, 2.45) is 0 Å². The lowest BCUT2D eigenvalue weighted by atomic mass is 10.8. The Morgan fingerprint density at radius 3 is 0.769 bits per heavy atom. The summed E-state index contributed by atoms with van der Waals surface area (Å²) in [5.74, 6) is -9.82. The fourth-order valence-corrected chi connectivity index (χ4v) is 9.40. The standard InChI is InChI=1S/C8H9F9O6S3/c1-5(24(18,19)2-6(9,10)11,25(20,21)3-7(12,13)14)26(22,23)4-8(15,16)17/h2-4H2,1H3. The first-order valence-corrected chi connectivity index (χ1v) is 10.7. The van der Waals surface area contributed by atoms with Crippen LogP contribution in [0.1, 0.15) is 6.92 Å². The van der Waals surface area contributed by atoms with Gasteiger partial charge in [-0.3, -0.25) is 0 Å². The van der Waals surface area contributed by atoms with Crippen molar-refractivity contribution in [3.63, 3.8) is 0 Å². The lowest BCUT2D eigenvalue weighted by molar-refractivity contribution is -0.107. The number of sulfone groups is 3. The molecule has 0 fully saturated rings. The maximum Gasteiger partial charge on any atom is 0.402 e. The monoisotopic (exact) mass is 468 g/mol. The van der Waals surface area contributed by atoms with Crippen molar-refractivity contribution >= 4 is 29.5 Å². The molecule has 26 heavy (non-hydrogen) atoms. The van der Waals surface area contributed by atoms with Gasteiger partial charge in [0.05, 0.1) is 0 Å². The van der Waals surface area contributed by atoms with Gasteiger partial charge in [0.15, 0.2) is 29.5 Å². The number of rotatable bonds is 6. The normalized spacial score (nSPS) is 15.9. The van der Waals surface area contributed by atoms with Crippen LogP contribution in [0.3, 0.4) is 0 Å². The largest absolute Gasteiger partial charge is 0.402 e. The third-order valence-electron chi connectivity index (χ3n) is 2.76. The van der Waals surface area contributed by atoms with Gasteiger partial charge in [0.1, 0.15) is 17.3 Å². The van der Waals surface area contributed by atoms with Crippen LogP contribution >= 0.6 is 0 Å². The van der Waals surface area contributed by atoms with Gasteiger partial charge in [0.2, 0.25) is 0 Å². The molecule has 0 aliphatic heterocycles. The van der Waals surface area contributed by atoms with Crippen molar-refractivity contribution < 1.29 is 64.8 Å². The minimum atomic E-state index is -6.64. The molecule has 0 spiro atoms. The molecule has 18 heteroatoms. The van der Waals surface area contributed by atoms with E-state index < -0.39 is 75.6 Å². The van der Waals surface area contributed by atoms with E-state index in [0.29, 0.717) is 0 Å². The number of hydrogen-bond donors (Lipinski definition) is 0. The fourth-order valence-electron chi connectivity index (χ4n) is 1.62. The fraction of sp³-hybridized carbons (Fsp3) is 1.00. The molecular formula is C8H9F9O6S3. The van der Waals surface area contributed by atoms with Crippen LogP contribution in [0.25, 0.3) is 0 Å². The predicted molar refractivity (Wildman–Crippen MR) is 67.9 cm³/mol. The molecule has 0 heterocycles. The molecular weight excluding hydrogens is 459 g/mol. The molecule has 0 saturated carbocycles. The van der Waals surface area contributed by atoms with E-state index in [0.717, 1.165) is 0 Å². The average molecular weight is 468 g/mol. The molecule has 0 aliphatic carbocycles. The first-order valence-electron chi connectivity index (χ1n) is 5.74. The summed E-state index contributed by atoms with van der Waals surface area (Å²) in [6.07, 6.45) is -17.5. The van der Waals surface area contributed by atoms with Crippen LogP contribution in [-0.2, 0) is 29.5 Å². The molecule has 0 amide bonds. The van der Waals surface area contributed by atoms with Gasteiger partial charge in [-0.05, 0) is 6.92 Å². The SMILES string of the molecule is CC(S(=O)(=O)CC(F)(F)F)(S(=O)(=O)CC(F)(F)F)S(=O)(=O)CC(F)(F)F. The zero-order valence-electron chi connectivity index (χ0n) is 12.2. The molecule has 0 atom stereocenters. The molecule has 0 saturated heterocycles. The Morgan fingerprint density at radius 1 is 0.500 bits per heavy atom. The number of alkyl halides is 9. The Hall–Kier alpha value is -0.780. The van der Waals surface area contributed by atoms with Gasteiger partial charge in [-0.15, -0.1) is 0 Å². The molecule has 6 nitrogen and oxygen atoms in total. The summed E-state index contributed by atoms with van der Waals surface area (Å²) >= 11 is 0. The van der Waals surface area contributed by atoms with E-state index in [9.17, 15) is 64.8 Å². The lowest BCUT2D eigenvalue weighted by Crippen LogP contribution is -2.57. The molecule has 0 rings (SSSR count). The van der Waals surface area contributed by atoms with Crippen LogP contribution in [0.5, 0.6) is 0 Å². The van der Waals surface area contributed by atoms with E-state index in [1.807, 2.05) is 0 Å². The predicted octanol–water partition coefficient (Wildman–Crippen LogP) is 1.59. The van der Waals surface area contributed by atoms with Crippen molar-refractivity contribution in [2.45, 2.75) is 28.9 Å². The minimum absolute atomic E-state index is 0.643. The Labute approximate surface area is 141 Å². The summed E-state index contributed by atoms with van der Waals surface area (Å²) in [6, 6.07) is 0. The van der Waals surface area contributed by atoms with Gasteiger partial charge in [0.25, 0.3) is 3.41 Å². The quantitative estimate of drug-likeness (QED) is 0.549. The molecule has 0 N–H and O–H groups in total. The first kappa shape index (κ1) is 25.2. The summed E-state index contributed by atoms with van der Waals surface area (Å²) in [5.41, 5.74) is 0. The molecule has 0 unspecified atom stereocenters. The van der Waals surface area contributed by atoms with E-state index in [4.69, 9.17) is 0 Å². The molecule has 0 aromatic rings. The van der Waals surface area contributed by atoms with Crippen molar-refractivity contribution in [1.29, 1.82) is 0 Å². The first-order chi connectivity index (χ1) is 10.9. The highest BCUT2D eigenvalue weighted by Crippen LogP contribution is 2.40. The molecule has 0 aromatic heterocycles. The maximum atomic E-state index is 12.3. The van der Waals surface area contributed by atoms with Crippen molar-refractivity contribution in [1.82, 2.24) is 0 Å². The van der Waals surface area contributed by atoms with Crippen LogP contribution in [-0.4, -0.2) is 64.5 Å². The van der Waals surface area contributed by atoms with Crippen LogP contribution in [0.2, 0.25) is 0 Å². The Kier molecular flexibility index (Phi) is 6.48. The van der Waals surface area contributed by atoms with Crippen LogP contribution in [0.4, 0.5) is 39.5 Å². The van der Waals surface area contributed by atoms with E-state index >= 15 is 0 Å². The molecule has 158 valence electrons. The van der Waals surface area contributed by atoms with Crippen LogP contribution < -0.4 is 0 Å². The topological polar surface area (TPSA) is 102 Å². The summed E-state index contributed by atoms with van der Waals surface area (Å²) in [4.78, 5) is 0. The van der Waals surface area contributed by atoms with E-state index in [2.05, 4.69) is 0 Å². The second-order valence-corrected chi connectivity index (χ2v) is 12.8. The van der Waals surface area contributed by atoms with Crippen LogP contribution in [0, 0.1) is 0 Å². The molecule has 0 aromatic carbocycles. The van der Waals surface area contributed by atoms with Gasteiger partial charge in [-0.1, -0.05) is 0 Å². The van der Waals surface area contributed by atoms with Crippen molar-refractivity contribution in [2.75, 3.05) is 17.3 Å². The highest BCUT2D eigenvalue weighted by molar-refractivity contribution is 8.25. The second-order valence-electron chi connectivity index (χ2n) is 4.99. The number of hydrogen-bond acceptors (Lipinski definition) is 6. The van der Waals surface area contributed by atoms with E-state index in [-0.39, 0.29) is 0 Å². The summed E-state index contributed by atoms with van der Waals surface area (Å²) in [6.45, 7) is -0.643. The highest BCUT2D eigenvalue weighted by Gasteiger charge is 2.66. The van der Waals surface area contributed by atoms with E-state index in [1.54, 1.807) is 0 Å². The van der Waals surface area contributed by atoms with Gasteiger partial charge in [-0.25, -0.2) is 25.3 Å². The second kappa shape index (κ2) is 6.68. The van der Waals surface area contributed by atoms with E-state index in [1.165, 1.54) is 0 Å². The summed E-state index contributed by atoms with van der Waals surface area (Å²) < 4.78 is 176. The van der Waals surface area contributed by atoms with Gasteiger partial charge in [0, 0.05) is 0 Å². The Morgan fingerprint density at radius 2 is 0.654 bits per heavy atom. The number of halogens is 9. The zero-order chi connectivity index (χ0) is 21.6. The van der Waals surface area contributed by atoms with Gasteiger partial charge >= 0.3 is 18.5 Å². The van der Waals surface area contributed by atoms with Gasteiger partial charge < -0.3 is 0 Å². The molecule has 0 bridgehead atoms. The third kappa shape index (κ3) is 5.86. The third-order valence-corrected chi connectivity index (χ3v) is 12.8. The Balaban J connectivity index is 6.87. The molecule has 0 aliphatic rings. The van der Waals surface area contributed by atoms with Crippen LogP contribution in [0.15, 0.2) is 0 Å². The Bertz CT molecular complexity index is 717. The summed E-state index contributed by atoms with van der Waals surface area (Å²) in [7, 11) is -19.9. The average Bonchev–Trinajstić information content (AvgIpc) is 2.16.